The van der Waals surface area contributed by atoms with Crippen LogP contribution in [0.1, 0.15) is 106 Å². The Morgan fingerprint density at radius 1 is 1.16 bits per heavy atom. The van der Waals surface area contributed by atoms with Crippen LogP contribution in [-0.4, -0.2) is 106 Å². The van der Waals surface area contributed by atoms with Gasteiger partial charge in [-0.1, -0.05) is 38.8 Å². The number of hydrogen-bond acceptors (Lipinski definition) is 11. The van der Waals surface area contributed by atoms with Gasteiger partial charge in [0.05, 0.1) is 51.1 Å². The molecule has 2 fully saturated rings. The van der Waals surface area contributed by atoms with Gasteiger partial charge in [-0.05, 0) is 102 Å². The van der Waals surface area contributed by atoms with Crippen LogP contribution in [0.2, 0.25) is 0 Å². The Balaban J connectivity index is -0.000000846. The van der Waals surface area contributed by atoms with Gasteiger partial charge in [0.2, 0.25) is 11.8 Å². The van der Waals surface area contributed by atoms with E-state index in [1.165, 1.54) is 49.5 Å². The number of aromatic nitrogens is 3. The van der Waals surface area contributed by atoms with Crippen molar-refractivity contribution < 1.29 is 48.7 Å². The number of methoxy groups -OCH3 is 2. The molecule has 2 aliphatic rings. The third kappa shape index (κ3) is 18.2. The van der Waals surface area contributed by atoms with Gasteiger partial charge in [-0.3, -0.25) is 28.6 Å². The van der Waals surface area contributed by atoms with Crippen LogP contribution < -0.4 is 30.8 Å². The minimum atomic E-state index is -0.397. The van der Waals surface area contributed by atoms with Crippen LogP contribution in [0, 0.1) is 18.8 Å². The number of nitrogens with zero attached hydrogens (tertiary/aromatic N) is 3. The van der Waals surface area contributed by atoms with Crippen molar-refractivity contribution >= 4 is 40.6 Å². The number of carbonyl (C=O) groups is 3. The van der Waals surface area contributed by atoms with Crippen molar-refractivity contribution in [1.29, 1.82) is 0 Å². The lowest BCUT2D eigenvalue weighted by Gasteiger charge is -2.26. The molecule has 3 aromatic rings. The van der Waals surface area contributed by atoms with Crippen LogP contribution >= 0.6 is 11.9 Å². The highest BCUT2D eigenvalue weighted by Gasteiger charge is 2.44. The maximum Gasteiger partial charge on any atom is 0.272 e. The van der Waals surface area contributed by atoms with Crippen LogP contribution in [-0.2, 0) is 25.7 Å². The molecule has 5 rings (SSSR count). The molecule has 9 N–H and O–H groups in total. The van der Waals surface area contributed by atoms with Crippen LogP contribution in [0.4, 0.5) is 0 Å². The van der Waals surface area contributed by atoms with Gasteiger partial charge in [-0.2, -0.15) is 5.10 Å². The molecule has 2 saturated carbocycles. The van der Waals surface area contributed by atoms with Gasteiger partial charge in [-0.25, -0.2) is 5.90 Å². The summed E-state index contributed by atoms with van der Waals surface area (Å²) in [6.07, 6.45) is 15.5. The van der Waals surface area contributed by atoms with Crippen LogP contribution in [0.25, 0.3) is 10.9 Å². The molecule has 0 bridgehead atoms. The van der Waals surface area contributed by atoms with E-state index < -0.39 is 5.91 Å². The molecule has 3 atom stereocenters. The Morgan fingerprint density at radius 2 is 1.89 bits per heavy atom. The Hall–Kier alpha value is -4.46. The first-order chi connectivity index (χ1) is 28.2. The SMILES string of the molecule is CCC(CON)N(C)C(=O)CNC(=O)c1ccn(CCOC)n1.CCCCC/C=C\C1CC1C(=O)NSC1(C)CC1.COc1ccc2c(=O)cc(OC(C)C)[nH]c2c1C.O.O.[HH].[HH].[HH]. The number of pyridine rings is 1. The number of allylic oxidation sites excluding steroid dienone is 2. The molecule has 2 heterocycles. The number of amides is 3. The van der Waals surface area contributed by atoms with E-state index in [1.807, 2.05) is 27.7 Å². The molecule has 0 aliphatic heterocycles. The summed E-state index contributed by atoms with van der Waals surface area (Å²) in [7, 11) is 4.86. The first-order valence-corrected chi connectivity index (χ1v) is 21.4. The van der Waals surface area contributed by atoms with Gasteiger partial charge in [0.25, 0.3) is 5.91 Å². The van der Waals surface area contributed by atoms with Gasteiger partial charge in [-0.15, -0.1) is 0 Å². The third-order valence-corrected chi connectivity index (χ3v) is 11.4. The molecule has 18 heteroatoms. The molecular weight excluding hydrogens is 807 g/mol. The summed E-state index contributed by atoms with van der Waals surface area (Å²) in [6, 6.07) is 6.51. The van der Waals surface area contributed by atoms with Gasteiger partial charge < -0.3 is 45.2 Å². The van der Waals surface area contributed by atoms with Crippen LogP contribution in [0.3, 0.4) is 0 Å². The number of rotatable bonds is 21. The number of aryl methyl sites for hydroxylation is 1. The lowest BCUT2D eigenvalue weighted by Crippen LogP contribution is -2.45. The number of benzene rings is 1. The summed E-state index contributed by atoms with van der Waals surface area (Å²) in [5.41, 5.74) is 1.87. The fraction of sp³-hybridized carbons (Fsp3) is 0.605. The number of unbranched alkanes of at least 4 members (excludes halogenated alkanes) is 3. The number of aromatic amines is 1. The smallest absolute Gasteiger partial charge is 0.272 e. The fourth-order valence-electron chi connectivity index (χ4n) is 5.97. The molecule has 2 aliphatic carbocycles. The highest BCUT2D eigenvalue weighted by Crippen LogP contribution is 2.47. The molecule has 17 nitrogen and oxygen atoms in total. The monoisotopic (exact) mass is 884 g/mol. The predicted octanol–water partition coefficient (Wildman–Crippen LogP) is 5.18. The zero-order valence-corrected chi connectivity index (χ0v) is 38.2. The molecule has 1 aromatic carbocycles. The lowest BCUT2D eigenvalue weighted by atomic mass is 10.1. The Morgan fingerprint density at radius 3 is 2.49 bits per heavy atom. The number of H-pyrrole nitrogens is 1. The number of nitrogens with one attached hydrogen (secondary N) is 3. The second-order valence-corrected chi connectivity index (χ2v) is 16.9. The van der Waals surface area contributed by atoms with Gasteiger partial charge in [0, 0.05) is 52.3 Å². The average Bonchev–Trinajstić information content (AvgIpc) is 4.11. The molecule has 3 unspecified atom stereocenters. The summed E-state index contributed by atoms with van der Waals surface area (Å²) in [5, 5.41) is 7.32. The van der Waals surface area contributed by atoms with E-state index in [4.69, 9.17) is 20.1 Å². The van der Waals surface area contributed by atoms with Crippen molar-refractivity contribution in [2.24, 2.45) is 17.7 Å². The number of nitrogens with two attached hydrogens (primary N) is 1. The molecule has 61 heavy (non-hydrogen) atoms. The van der Waals surface area contributed by atoms with Crippen molar-refractivity contribution in [2.75, 3.05) is 41.0 Å². The van der Waals surface area contributed by atoms with Crippen molar-refractivity contribution in [1.82, 2.24) is 29.7 Å². The summed E-state index contributed by atoms with van der Waals surface area (Å²) >= 11 is 1.63. The normalized spacial score (nSPS) is 16.1. The Kier molecular flexibility index (Phi) is 24.6. The highest BCUT2D eigenvalue weighted by molar-refractivity contribution is 7.99. The molecule has 0 spiro atoms. The number of fused-ring (bicyclic) bond motifs is 1. The lowest BCUT2D eigenvalue weighted by molar-refractivity contribution is -0.132. The zero-order valence-electron chi connectivity index (χ0n) is 37.4. The molecule has 2 aromatic heterocycles. The highest BCUT2D eigenvalue weighted by atomic mass is 32.2. The number of hydrogen-bond donors (Lipinski definition) is 4. The predicted molar refractivity (Wildman–Crippen MR) is 247 cm³/mol. The van der Waals surface area contributed by atoms with Gasteiger partial charge in [0.1, 0.15) is 11.4 Å². The number of carbonyl (C=O) groups excluding carboxylic acids is 3. The first kappa shape index (κ1) is 54.6. The van der Waals surface area contributed by atoms with E-state index >= 15 is 0 Å². The van der Waals surface area contributed by atoms with Crippen molar-refractivity contribution in [3.63, 3.8) is 0 Å². The third-order valence-electron chi connectivity index (χ3n) is 10.2. The fourth-order valence-corrected chi connectivity index (χ4v) is 6.78. The molecule has 0 saturated heterocycles. The molecule has 350 valence electrons. The summed E-state index contributed by atoms with van der Waals surface area (Å²) < 4.78 is 20.7. The standard InChI is InChI=1S/C15H25NOS.C14H25N5O4.C14H17NO3.2H2O.3H2/c1-3-4-5-6-7-8-12-11-13(12)14(17)16-18-15(2)9-10-15;1-4-11(10-23-15)18(2)13(20)9-16-14(21)12-5-6-19(17-12)7-8-22-3;1-8(2)18-13-7-11(16)10-5-6-12(17-4)9(3)14(10)15-13;;;;;/h7-8,12-13H,3-6,9-11H2,1-2H3,(H,16,17);5-6,11H,4,7-10,15H2,1-3H3,(H,16,21);5-8H,1-4H3,(H,15,16);2*1H2;3*1H/b8-7-;;;;;;;. The van der Waals surface area contributed by atoms with E-state index in [1.54, 1.807) is 62.3 Å². The number of likely N-dealkylation sites (N-methyl/N-ethyl adjacent to an activating group) is 1. The summed E-state index contributed by atoms with van der Waals surface area (Å²) in [5.74, 6) is 6.68. The second kappa shape index (κ2) is 27.5. The Bertz CT molecular complexity index is 1900. The number of ether oxygens (including phenoxy) is 3. The Labute approximate surface area is 369 Å². The summed E-state index contributed by atoms with van der Waals surface area (Å²) in [4.78, 5) is 57.2. The summed E-state index contributed by atoms with van der Waals surface area (Å²) in [6.45, 7) is 13.3. The quantitative estimate of drug-likeness (QED) is 0.0469. The maximum absolute atomic E-state index is 12.1. The molecule has 0 radical (unpaired) electrons. The van der Waals surface area contributed by atoms with E-state index in [9.17, 15) is 19.2 Å². The largest absolute Gasteiger partial charge is 0.496 e. The minimum Gasteiger partial charge on any atom is -0.496 e. The van der Waals surface area contributed by atoms with E-state index in [0.717, 1.165) is 23.3 Å². The van der Waals surface area contributed by atoms with Gasteiger partial charge in [0.15, 0.2) is 11.3 Å². The topological polar surface area (TPSA) is 255 Å². The zero-order chi connectivity index (χ0) is 43.5. The van der Waals surface area contributed by atoms with Crippen molar-refractivity contribution in [3.8, 4) is 11.6 Å². The van der Waals surface area contributed by atoms with E-state index in [-0.39, 0.29) is 69.4 Å². The van der Waals surface area contributed by atoms with Crippen LogP contribution in [0.5, 0.6) is 11.6 Å². The minimum absolute atomic E-state index is 0. The average molecular weight is 884 g/mol. The van der Waals surface area contributed by atoms with Crippen molar-refractivity contribution in [3.05, 3.63) is 64.1 Å². The first-order valence-electron chi connectivity index (χ1n) is 20.6. The van der Waals surface area contributed by atoms with Crippen LogP contribution in [0.15, 0.2) is 47.4 Å². The molecule has 3 amide bonds. The second-order valence-electron chi connectivity index (χ2n) is 15.5. The van der Waals surface area contributed by atoms with Gasteiger partial charge >= 0.3 is 0 Å². The van der Waals surface area contributed by atoms with Crippen molar-refractivity contribution in [2.45, 2.75) is 116 Å². The molecular formula is C43H77N7O10S. The van der Waals surface area contributed by atoms with E-state index in [2.05, 4.69) is 51.0 Å². The van der Waals surface area contributed by atoms with E-state index in [0.29, 0.717) is 41.5 Å². The maximum atomic E-state index is 12.1.